The average Bonchev–Trinajstić information content (AvgIpc) is 3.14. The van der Waals surface area contributed by atoms with Crippen molar-refractivity contribution < 1.29 is 23.8 Å². The lowest BCUT2D eigenvalue weighted by Crippen LogP contribution is -2.32. The van der Waals surface area contributed by atoms with E-state index < -0.39 is 0 Å². The average molecular weight is 573 g/mol. The number of amides is 2. The number of imide groups is 1. The molecule has 0 aliphatic carbocycles. The summed E-state index contributed by atoms with van der Waals surface area (Å²) in [6.07, 6.45) is 1.67. The van der Waals surface area contributed by atoms with Crippen LogP contribution in [0, 0.1) is 13.8 Å². The van der Waals surface area contributed by atoms with Crippen LogP contribution in [0.2, 0.25) is 10.0 Å². The molecule has 4 rings (SSSR count). The number of rotatable bonds is 10. The molecule has 0 bridgehead atoms. The Bertz CT molecular complexity index is 1370. The summed E-state index contributed by atoms with van der Waals surface area (Å²) < 4.78 is 17.6. The zero-order valence-corrected chi connectivity index (χ0v) is 23.6. The number of aryl methyl sites for hydroxylation is 2. The lowest BCUT2D eigenvalue weighted by molar-refractivity contribution is -0.123. The van der Waals surface area contributed by atoms with E-state index in [-0.39, 0.29) is 30.9 Å². The first-order valence-corrected chi connectivity index (χ1v) is 13.6. The van der Waals surface area contributed by atoms with Gasteiger partial charge in [-0.2, -0.15) is 0 Å². The van der Waals surface area contributed by atoms with E-state index >= 15 is 0 Å². The third kappa shape index (κ3) is 6.65. The topological polar surface area (TPSA) is 65.1 Å². The number of halogens is 2. The molecule has 0 N–H and O–H groups in total. The monoisotopic (exact) mass is 571 g/mol. The van der Waals surface area contributed by atoms with Crippen molar-refractivity contribution in [1.29, 1.82) is 0 Å². The lowest BCUT2D eigenvalue weighted by atomic mass is 10.1. The second-order valence-electron chi connectivity index (χ2n) is 8.58. The summed E-state index contributed by atoms with van der Waals surface area (Å²) >= 11 is 13.4. The summed E-state index contributed by atoms with van der Waals surface area (Å²) in [7, 11) is 0. The van der Waals surface area contributed by atoms with Crippen LogP contribution in [0.15, 0.2) is 59.5 Å². The number of hydrogen-bond acceptors (Lipinski definition) is 6. The predicted octanol–water partition coefficient (Wildman–Crippen LogP) is 7.70. The van der Waals surface area contributed by atoms with E-state index in [0.717, 1.165) is 28.6 Å². The molecular formula is C29H27Cl2NO5S. The molecule has 1 saturated heterocycles. The van der Waals surface area contributed by atoms with E-state index in [2.05, 4.69) is 0 Å². The van der Waals surface area contributed by atoms with Gasteiger partial charge in [-0.3, -0.25) is 14.5 Å². The molecule has 6 nitrogen and oxygen atoms in total. The van der Waals surface area contributed by atoms with Crippen molar-refractivity contribution in [3.05, 3.63) is 91.8 Å². The van der Waals surface area contributed by atoms with Crippen LogP contribution in [0.25, 0.3) is 6.08 Å². The normalized spacial score (nSPS) is 14.3. The number of benzene rings is 3. The van der Waals surface area contributed by atoms with Crippen molar-refractivity contribution >= 4 is 52.2 Å². The molecule has 0 aromatic heterocycles. The molecule has 0 atom stereocenters. The number of thioether (sulfide) groups is 1. The number of carbonyl (C=O) groups excluding carboxylic acids is 2. The van der Waals surface area contributed by atoms with Crippen LogP contribution < -0.4 is 14.2 Å². The summed E-state index contributed by atoms with van der Waals surface area (Å²) in [6.45, 7) is 6.77. The summed E-state index contributed by atoms with van der Waals surface area (Å²) in [4.78, 5) is 27.1. The number of ether oxygens (including phenoxy) is 3. The van der Waals surface area contributed by atoms with E-state index in [1.807, 2.05) is 39.0 Å². The van der Waals surface area contributed by atoms with Crippen molar-refractivity contribution in [1.82, 2.24) is 4.90 Å². The minimum absolute atomic E-state index is 0.164. The van der Waals surface area contributed by atoms with Crippen LogP contribution >= 0.6 is 35.0 Å². The van der Waals surface area contributed by atoms with Crippen LogP contribution in [-0.4, -0.2) is 35.8 Å². The standard InChI is InChI=1S/C29H27Cl2NO5S/c1-4-35-26-15-20(10-11-24(26)37-17-21-22(30)6-5-7-23(21)31)16-27-28(33)32(29(34)38-27)12-13-36-25-14-18(2)8-9-19(25)3/h5-11,14-16H,4,12-13,17H2,1-3H3/b27-16-. The fourth-order valence-corrected chi connectivity index (χ4v) is 5.15. The molecule has 0 spiro atoms. The van der Waals surface area contributed by atoms with Gasteiger partial charge in [-0.15, -0.1) is 0 Å². The smallest absolute Gasteiger partial charge is 0.293 e. The van der Waals surface area contributed by atoms with E-state index in [9.17, 15) is 9.59 Å². The van der Waals surface area contributed by atoms with Gasteiger partial charge in [0.25, 0.3) is 11.1 Å². The van der Waals surface area contributed by atoms with E-state index in [4.69, 9.17) is 37.4 Å². The Balaban J connectivity index is 1.44. The molecule has 2 amide bonds. The second-order valence-corrected chi connectivity index (χ2v) is 10.4. The number of carbonyl (C=O) groups is 2. The van der Waals surface area contributed by atoms with Gasteiger partial charge in [0.05, 0.1) is 18.1 Å². The largest absolute Gasteiger partial charge is 0.491 e. The SMILES string of the molecule is CCOc1cc(/C=C2\SC(=O)N(CCOc3cc(C)ccc3C)C2=O)ccc1OCc1c(Cl)cccc1Cl. The molecule has 0 saturated carbocycles. The van der Waals surface area contributed by atoms with Gasteiger partial charge in [0.1, 0.15) is 19.0 Å². The van der Waals surface area contributed by atoms with Crippen LogP contribution in [0.1, 0.15) is 29.2 Å². The van der Waals surface area contributed by atoms with E-state index in [0.29, 0.717) is 44.2 Å². The second kappa shape index (κ2) is 12.6. The highest BCUT2D eigenvalue weighted by Crippen LogP contribution is 2.35. The van der Waals surface area contributed by atoms with Crippen LogP contribution in [0.3, 0.4) is 0 Å². The van der Waals surface area contributed by atoms with Crippen LogP contribution in [0.5, 0.6) is 17.2 Å². The Morgan fingerprint density at radius 2 is 1.66 bits per heavy atom. The van der Waals surface area contributed by atoms with Gasteiger partial charge in [-0.05, 0) is 85.6 Å². The van der Waals surface area contributed by atoms with Crippen molar-refractivity contribution in [3.63, 3.8) is 0 Å². The van der Waals surface area contributed by atoms with Gasteiger partial charge in [0, 0.05) is 15.6 Å². The highest BCUT2D eigenvalue weighted by Gasteiger charge is 2.34. The summed E-state index contributed by atoms with van der Waals surface area (Å²) in [5, 5.41) is 0.705. The van der Waals surface area contributed by atoms with E-state index in [1.54, 1.807) is 42.5 Å². The molecule has 1 aliphatic heterocycles. The minimum Gasteiger partial charge on any atom is -0.491 e. The Labute approximate surface area is 236 Å². The van der Waals surface area contributed by atoms with E-state index in [1.165, 1.54) is 4.90 Å². The minimum atomic E-state index is -0.351. The Morgan fingerprint density at radius 1 is 0.895 bits per heavy atom. The maximum absolute atomic E-state index is 13.0. The molecule has 1 heterocycles. The molecule has 198 valence electrons. The zero-order chi connectivity index (χ0) is 27.2. The fourth-order valence-electron chi connectivity index (χ4n) is 3.78. The molecule has 38 heavy (non-hydrogen) atoms. The van der Waals surface area contributed by atoms with Crippen LogP contribution in [0.4, 0.5) is 4.79 Å². The van der Waals surface area contributed by atoms with Crippen LogP contribution in [-0.2, 0) is 11.4 Å². The first-order chi connectivity index (χ1) is 18.3. The van der Waals surface area contributed by atoms with Crippen molar-refractivity contribution in [2.45, 2.75) is 27.4 Å². The van der Waals surface area contributed by atoms with Crippen molar-refractivity contribution in [2.24, 2.45) is 0 Å². The molecule has 3 aromatic rings. The first-order valence-electron chi connectivity index (χ1n) is 12.0. The zero-order valence-electron chi connectivity index (χ0n) is 21.3. The molecule has 1 fully saturated rings. The Hall–Kier alpha value is -3.13. The third-order valence-electron chi connectivity index (χ3n) is 5.79. The van der Waals surface area contributed by atoms with Gasteiger partial charge in [0.2, 0.25) is 0 Å². The van der Waals surface area contributed by atoms with Gasteiger partial charge in [0.15, 0.2) is 11.5 Å². The quantitative estimate of drug-likeness (QED) is 0.232. The molecule has 9 heteroatoms. The highest BCUT2D eigenvalue weighted by atomic mass is 35.5. The molecule has 3 aromatic carbocycles. The van der Waals surface area contributed by atoms with Gasteiger partial charge >= 0.3 is 0 Å². The molecule has 0 radical (unpaired) electrons. The Morgan fingerprint density at radius 3 is 2.39 bits per heavy atom. The third-order valence-corrected chi connectivity index (χ3v) is 7.40. The Kier molecular flexibility index (Phi) is 9.26. The number of hydrogen-bond donors (Lipinski definition) is 0. The van der Waals surface area contributed by atoms with Gasteiger partial charge < -0.3 is 14.2 Å². The maximum Gasteiger partial charge on any atom is 0.293 e. The summed E-state index contributed by atoms with van der Waals surface area (Å²) in [5.74, 6) is 1.41. The fraction of sp³-hybridized carbons (Fsp3) is 0.241. The lowest BCUT2D eigenvalue weighted by Gasteiger charge is -2.15. The number of nitrogens with zero attached hydrogens (tertiary/aromatic N) is 1. The van der Waals surface area contributed by atoms with Gasteiger partial charge in [-0.25, -0.2) is 0 Å². The summed E-state index contributed by atoms with van der Waals surface area (Å²) in [5.41, 5.74) is 3.46. The molecule has 1 aliphatic rings. The van der Waals surface area contributed by atoms with Crippen molar-refractivity contribution in [3.8, 4) is 17.2 Å². The first kappa shape index (κ1) is 27.9. The molecule has 0 unspecified atom stereocenters. The predicted molar refractivity (Wildman–Crippen MR) is 152 cm³/mol. The maximum atomic E-state index is 13.0. The highest BCUT2D eigenvalue weighted by molar-refractivity contribution is 8.18. The summed E-state index contributed by atoms with van der Waals surface area (Å²) in [6, 6.07) is 16.5. The van der Waals surface area contributed by atoms with Gasteiger partial charge in [-0.1, -0.05) is 47.5 Å². The van der Waals surface area contributed by atoms with Crippen molar-refractivity contribution in [2.75, 3.05) is 19.8 Å². The molecular weight excluding hydrogens is 545 g/mol.